The summed E-state index contributed by atoms with van der Waals surface area (Å²) in [6.07, 6.45) is 0.257. The number of para-hydroxylation sites is 2. The molecule has 0 aliphatic carbocycles. The van der Waals surface area contributed by atoms with Crippen molar-refractivity contribution in [1.82, 2.24) is 15.2 Å². The minimum atomic E-state index is -0.432. The van der Waals surface area contributed by atoms with Crippen LogP contribution in [0.5, 0.6) is 0 Å². The molecule has 2 rings (SSSR count). The zero-order valence-electron chi connectivity index (χ0n) is 13.4. The highest BCUT2D eigenvalue weighted by atomic mass is 16.4. The quantitative estimate of drug-likeness (QED) is 0.716. The highest BCUT2D eigenvalue weighted by Crippen LogP contribution is 2.11. The minimum absolute atomic E-state index is 0.196. The molecule has 0 saturated carbocycles. The van der Waals surface area contributed by atoms with E-state index in [-0.39, 0.29) is 18.1 Å². The van der Waals surface area contributed by atoms with Crippen LogP contribution in [-0.4, -0.2) is 34.9 Å². The second kappa shape index (κ2) is 7.82. The van der Waals surface area contributed by atoms with Gasteiger partial charge in [-0.2, -0.15) is 0 Å². The fourth-order valence-corrected chi connectivity index (χ4v) is 2.50. The molecule has 126 valence electrons. The van der Waals surface area contributed by atoms with Gasteiger partial charge in [-0.25, -0.2) is 9.59 Å². The van der Waals surface area contributed by atoms with Gasteiger partial charge in [-0.3, -0.25) is 4.57 Å². The lowest BCUT2D eigenvalue weighted by Crippen LogP contribution is -2.40. The molecule has 0 spiro atoms. The molecule has 23 heavy (non-hydrogen) atoms. The summed E-state index contributed by atoms with van der Waals surface area (Å²) in [6, 6.07) is 6.88. The number of fused-ring (bicyclic) bond motifs is 1. The molecule has 0 fully saturated rings. The molecule has 0 radical (unpaired) electrons. The van der Waals surface area contributed by atoms with Crippen molar-refractivity contribution in [2.45, 2.75) is 32.9 Å². The zero-order chi connectivity index (χ0) is 16.8. The molecule has 3 N–H and O–H groups in total. The normalized spacial score (nSPS) is 13.7. The van der Waals surface area contributed by atoms with E-state index in [1.165, 1.54) is 4.57 Å². The van der Waals surface area contributed by atoms with Gasteiger partial charge >= 0.3 is 11.8 Å². The summed E-state index contributed by atoms with van der Waals surface area (Å²) < 4.78 is 6.62. The van der Waals surface area contributed by atoms with Gasteiger partial charge in [-0.1, -0.05) is 19.1 Å². The van der Waals surface area contributed by atoms with Crippen molar-refractivity contribution in [1.29, 1.82) is 0 Å². The lowest BCUT2D eigenvalue weighted by atomic mass is 10.1. The lowest BCUT2D eigenvalue weighted by Gasteiger charge is -2.14. The molecule has 0 aliphatic heterocycles. The number of nitrogens with zero attached hydrogens (tertiary/aromatic N) is 1. The molecule has 1 aromatic heterocycles. The van der Waals surface area contributed by atoms with Crippen molar-refractivity contribution in [2.24, 2.45) is 5.92 Å². The number of aliphatic hydroxyl groups excluding tert-OH is 1. The van der Waals surface area contributed by atoms with Crippen LogP contribution >= 0.6 is 0 Å². The summed E-state index contributed by atoms with van der Waals surface area (Å²) in [5, 5.41) is 14.7. The minimum Gasteiger partial charge on any atom is -0.408 e. The van der Waals surface area contributed by atoms with Crippen molar-refractivity contribution in [2.75, 3.05) is 13.1 Å². The van der Waals surface area contributed by atoms with Crippen LogP contribution in [0.1, 0.15) is 20.3 Å². The Bertz CT molecular complexity index is 705. The van der Waals surface area contributed by atoms with Crippen LogP contribution in [0.15, 0.2) is 33.5 Å². The molecule has 0 bridgehead atoms. The Balaban J connectivity index is 1.79. The first-order valence-corrected chi connectivity index (χ1v) is 7.75. The number of carbonyl (C=O) groups excluding carboxylic acids is 1. The smallest absolute Gasteiger partial charge is 0.408 e. The highest BCUT2D eigenvalue weighted by molar-refractivity contribution is 5.74. The van der Waals surface area contributed by atoms with Gasteiger partial charge < -0.3 is 20.2 Å². The number of hydrogen-bond acceptors (Lipinski definition) is 4. The van der Waals surface area contributed by atoms with Gasteiger partial charge in [0.2, 0.25) is 0 Å². The van der Waals surface area contributed by atoms with E-state index in [4.69, 9.17) is 4.42 Å². The number of rotatable bonds is 7. The Morgan fingerprint density at radius 1 is 1.30 bits per heavy atom. The summed E-state index contributed by atoms with van der Waals surface area (Å²) in [5.41, 5.74) is 1.25. The third-order valence-electron chi connectivity index (χ3n) is 3.55. The van der Waals surface area contributed by atoms with Crippen molar-refractivity contribution in [3.63, 3.8) is 0 Å². The molecule has 2 amide bonds. The van der Waals surface area contributed by atoms with Gasteiger partial charge in [0.05, 0.1) is 11.6 Å². The highest BCUT2D eigenvalue weighted by Gasteiger charge is 2.10. The first kappa shape index (κ1) is 17.1. The number of urea groups is 1. The predicted molar refractivity (Wildman–Crippen MR) is 87.3 cm³/mol. The molecule has 7 heteroatoms. The summed E-state index contributed by atoms with van der Waals surface area (Å²) in [5.74, 6) is -0.236. The van der Waals surface area contributed by atoms with Gasteiger partial charge in [0.25, 0.3) is 0 Å². The molecule has 1 heterocycles. The number of oxazole rings is 1. The maximum Gasteiger partial charge on any atom is 0.420 e. The Labute approximate surface area is 134 Å². The van der Waals surface area contributed by atoms with Crippen molar-refractivity contribution < 1.29 is 14.3 Å². The molecule has 7 nitrogen and oxygen atoms in total. The second-order valence-electron chi connectivity index (χ2n) is 5.81. The number of nitrogens with one attached hydrogen (secondary N) is 2. The zero-order valence-corrected chi connectivity index (χ0v) is 13.4. The fourth-order valence-electron chi connectivity index (χ4n) is 2.50. The number of hydrogen-bond donors (Lipinski definition) is 3. The van der Waals surface area contributed by atoms with Crippen LogP contribution in [0, 0.1) is 5.92 Å². The topological polar surface area (TPSA) is 96.5 Å². The van der Waals surface area contributed by atoms with E-state index < -0.39 is 5.76 Å². The number of benzene rings is 1. The molecule has 2 atom stereocenters. The van der Waals surface area contributed by atoms with Crippen molar-refractivity contribution in [3.05, 3.63) is 34.8 Å². The van der Waals surface area contributed by atoms with E-state index in [0.29, 0.717) is 37.2 Å². The monoisotopic (exact) mass is 321 g/mol. The molecule has 0 aliphatic rings. The third kappa shape index (κ3) is 4.85. The standard InChI is InChI=1S/C16H23N3O4/c1-11(9-12(2)20)10-18-15(21)17-7-8-19-13-5-3-4-6-14(13)23-16(19)22/h3-6,11-12,20H,7-10H2,1-2H3,(H2,17,18,21). The van der Waals surface area contributed by atoms with Crippen LogP contribution in [0.3, 0.4) is 0 Å². The van der Waals surface area contributed by atoms with Gasteiger partial charge in [0.1, 0.15) is 0 Å². The second-order valence-corrected chi connectivity index (χ2v) is 5.81. The summed E-state index contributed by atoms with van der Waals surface area (Å²) in [6.45, 7) is 4.84. The van der Waals surface area contributed by atoms with Crippen LogP contribution in [0.25, 0.3) is 11.1 Å². The Morgan fingerprint density at radius 3 is 2.78 bits per heavy atom. The Morgan fingerprint density at radius 2 is 2.04 bits per heavy atom. The van der Waals surface area contributed by atoms with E-state index in [1.807, 2.05) is 13.0 Å². The lowest BCUT2D eigenvalue weighted by molar-refractivity contribution is 0.163. The average Bonchev–Trinajstić information content (AvgIpc) is 2.80. The van der Waals surface area contributed by atoms with Crippen LogP contribution in [0.2, 0.25) is 0 Å². The number of carbonyl (C=O) groups is 1. The fraction of sp³-hybridized carbons (Fsp3) is 0.500. The first-order chi connectivity index (χ1) is 11.0. The van der Waals surface area contributed by atoms with Crippen LogP contribution < -0.4 is 16.4 Å². The molecule has 2 aromatic rings. The van der Waals surface area contributed by atoms with Crippen molar-refractivity contribution in [3.8, 4) is 0 Å². The van der Waals surface area contributed by atoms with Crippen LogP contribution in [-0.2, 0) is 6.54 Å². The molecule has 1 aromatic carbocycles. The molecular weight excluding hydrogens is 298 g/mol. The first-order valence-electron chi connectivity index (χ1n) is 7.75. The number of aliphatic hydroxyl groups is 1. The Kier molecular flexibility index (Phi) is 5.81. The molecule has 0 saturated heterocycles. The van der Waals surface area contributed by atoms with E-state index in [0.717, 1.165) is 0 Å². The largest absolute Gasteiger partial charge is 0.420 e. The van der Waals surface area contributed by atoms with Gasteiger partial charge in [0.15, 0.2) is 5.58 Å². The van der Waals surface area contributed by atoms with E-state index in [2.05, 4.69) is 10.6 Å². The summed E-state index contributed by atoms with van der Waals surface area (Å²) in [4.78, 5) is 23.5. The number of aromatic nitrogens is 1. The SMILES string of the molecule is CC(O)CC(C)CNC(=O)NCCn1c(=O)oc2ccccc21. The van der Waals surface area contributed by atoms with E-state index in [1.54, 1.807) is 25.1 Å². The number of amides is 2. The maximum atomic E-state index is 11.8. The average molecular weight is 321 g/mol. The summed E-state index contributed by atoms with van der Waals surface area (Å²) >= 11 is 0. The summed E-state index contributed by atoms with van der Waals surface area (Å²) in [7, 11) is 0. The van der Waals surface area contributed by atoms with Crippen molar-refractivity contribution >= 4 is 17.1 Å². The maximum absolute atomic E-state index is 11.8. The molecular formula is C16H23N3O4. The van der Waals surface area contributed by atoms with Gasteiger partial charge in [0, 0.05) is 19.6 Å². The molecule has 2 unspecified atom stereocenters. The van der Waals surface area contributed by atoms with E-state index in [9.17, 15) is 14.7 Å². The Hall–Kier alpha value is -2.28. The third-order valence-corrected chi connectivity index (χ3v) is 3.55. The predicted octanol–water partition coefficient (Wildman–Crippen LogP) is 1.30. The van der Waals surface area contributed by atoms with Crippen LogP contribution in [0.4, 0.5) is 4.79 Å². The van der Waals surface area contributed by atoms with E-state index >= 15 is 0 Å². The van der Waals surface area contributed by atoms with Gasteiger partial charge in [-0.15, -0.1) is 0 Å². The van der Waals surface area contributed by atoms with Gasteiger partial charge in [-0.05, 0) is 31.4 Å².